The van der Waals surface area contributed by atoms with Crippen LogP contribution in [0.3, 0.4) is 0 Å². The summed E-state index contributed by atoms with van der Waals surface area (Å²) < 4.78 is 13.4. The first-order chi connectivity index (χ1) is 9.11. The molecule has 0 heterocycles. The summed E-state index contributed by atoms with van der Waals surface area (Å²) in [4.78, 5) is 0. The Morgan fingerprint density at radius 1 is 1.26 bits per heavy atom. The van der Waals surface area contributed by atoms with Crippen LogP contribution in [-0.2, 0) is 0 Å². The fraction of sp³-hybridized carbons (Fsp3) is 0.647. The molecule has 4 atom stereocenters. The van der Waals surface area contributed by atoms with Crippen LogP contribution in [0, 0.1) is 23.6 Å². The molecule has 1 aromatic rings. The van der Waals surface area contributed by atoms with Crippen LogP contribution in [0.4, 0.5) is 4.39 Å². The van der Waals surface area contributed by atoms with Gasteiger partial charge in [-0.15, -0.1) is 0 Å². The molecule has 0 spiro atoms. The summed E-state index contributed by atoms with van der Waals surface area (Å²) >= 11 is 0. The largest absolute Gasteiger partial charge is 0.310 e. The maximum Gasteiger partial charge on any atom is 0.123 e. The van der Waals surface area contributed by atoms with E-state index in [9.17, 15) is 4.39 Å². The van der Waals surface area contributed by atoms with Gasteiger partial charge in [0, 0.05) is 6.04 Å². The van der Waals surface area contributed by atoms with Crippen LogP contribution in [0.25, 0.3) is 0 Å². The minimum atomic E-state index is -0.127. The Balaban J connectivity index is 2.16. The molecule has 0 aliphatic heterocycles. The van der Waals surface area contributed by atoms with Gasteiger partial charge in [-0.05, 0) is 54.8 Å². The lowest BCUT2D eigenvalue weighted by Gasteiger charge is -2.37. The number of hydrogen-bond acceptors (Lipinski definition) is 1. The Bertz CT molecular complexity index is 404. The van der Waals surface area contributed by atoms with Crippen molar-refractivity contribution < 1.29 is 4.39 Å². The molecule has 1 aromatic carbocycles. The van der Waals surface area contributed by atoms with Gasteiger partial charge in [0.15, 0.2) is 0 Å². The number of rotatable bonds is 4. The molecule has 106 valence electrons. The lowest BCUT2D eigenvalue weighted by molar-refractivity contribution is 0.172. The van der Waals surface area contributed by atoms with Crippen molar-refractivity contribution in [2.45, 2.75) is 46.1 Å². The molecular weight excluding hydrogens is 237 g/mol. The zero-order valence-corrected chi connectivity index (χ0v) is 12.3. The topological polar surface area (TPSA) is 12.0 Å². The highest BCUT2D eigenvalue weighted by Crippen LogP contribution is 2.39. The number of benzene rings is 1. The molecule has 2 rings (SSSR count). The molecule has 1 saturated carbocycles. The molecule has 0 amide bonds. The van der Waals surface area contributed by atoms with Crippen LogP contribution < -0.4 is 5.32 Å². The van der Waals surface area contributed by atoms with Gasteiger partial charge in [-0.25, -0.2) is 4.39 Å². The molecule has 1 nitrogen and oxygen atoms in total. The molecule has 0 saturated heterocycles. The Labute approximate surface area is 116 Å². The van der Waals surface area contributed by atoms with E-state index in [0.717, 1.165) is 23.9 Å². The molecule has 1 aliphatic rings. The highest BCUT2D eigenvalue weighted by molar-refractivity contribution is 5.21. The highest BCUT2D eigenvalue weighted by Gasteiger charge is 2.30. The van der Waals surface area contributed by atoms with Crippen LogP contribution >= 0.6 is 0 Å². The molecule has 4 unspecified atom stereocenters. The average molecular weight is 263 g/mol. The van der Waals surface area contributed by atoms with Gasteiger partial charge in [0.2, 0.25) is 0 Å². The molecule has 19 heavy (non-hydrogen) atoms. The second kappa shape index (κ2) is 6.51. The fourth-order valence-corrected chi connectivity index (χ4v) is 3.37. The molecular formula is C17H26FN. The van der Waals surface area contributed by atoms with E-state index in [-0.39, 0.29) is 5.82 Å². The van der Waals surface area contributed by atoms with Crippen molar-refractivity contribution in [3.8, 4) is 0 Å². The van der Waals surface area contributed by atoms with Gasteiger partial charge < -0.3 is 5.32 Å². The Morgan fingerprint density at radius 3 is 2.68 bits per heavy atom. The predicted octanol–water partition coefficient (Wildman–Crippen LogP) is 4.55. The van der Waals surface area contributed by atoms with E-state index >= 15 is 0 Å². The summed E-state index contributed by atoms with van der Waals surface area (Å²) in [7, 11) is 0. The molecule has 0 aromatic heterocycles. The zero-order valence-electron chi connectivity index (χ0n) is 12.3. The maximum absolute atomic E-state index is 13.4. The molecule has 1 fully saturated rings. The van der Waals surface area contributed by atoms with Gasteiger partial charge in [-0.2, -0.15) is 0 Å². The first-order valence-electron chi connectivity index (χ1n) is 7.60. The van der Waals surface area contributed by atoms with Crippen molar-refractivity contribution in [3.05, 3.63) is 35.6 Å². The monoisotopic (exact) mass is 263 g/mol. The van der Waals surface area contributed by atoms with Gasteiger partial charge >= 0.3 is 0 Å². The van der Waals surface area contributed by atoms with Crippen LogP contribution in [0.15, 0.2) is 24.3 Å². The zero-order chi connectivity index (χ0) is 13.8. The third-order valence-electron chi connectivity index (χ3n) is 4.74. The van der Waals surface area contributed by atoms with E-state index in [0.29, 0.717) is 12.0 Å². The van der Waals surface area contributed by atoms with Gasteiger partial charge in [-0.3, -0.25) is 0 Å². The fourth-order valence-electron chi connectivity index (χ4n) is 3.37. The normalized spacial score (nSPS) is 29.2. The predicted molar refractivity (Wildman–Crippen MR) is 78.5 cm³/mol. The molecule has 0 radical (unpaired) electrons. The van der Waals surface area contributed by atoms with Crippen molar-refractivity contribution in [3.63, 3.8) is 0 Å². The van der Waals surface area contributed by atoms with Crippen molar-refractivity contribution in [1.82, 2.24) is 5.32 Å². The first kappa shape index (κ1) is 14.5. The van der Waals surface area contributed by atoms with E-state index in [2.05, 4.69) is 32.2 Å². The minimum absolute atomic E-state index is 0.127. The number of hydrogen-bond donors (Lipinski definition) is 1. The van der Waals surface area contributed by atoms with Crippen molar-refractivity contribution in [2.75, 3.05) is 6.54 Å². The van der Waals surface area contributed by atoms with Crippen molar-refractivity contribution >= 4 is 0 Å². The van der Waals surface area contributed by atoms with E-state index in [1.54, 1.807) is 6.07 Å². The summed E-state index contributed by atoms with van der Waals surface area (Å²) in [6.45, 7) is 7.76. The lowest BCUT2D eigenvalue weighted by atomic mass is 9.72. The molecule has 1 N–H and O–H groups in total. The van der Waals surface area contributed by atoms with Crippen molar-refractivity contribution in [1.29, 1.82) is 0 Å². The second-order valence-electron chi connectivity index (χ2n) is 6.12. The first-order valence-corrected chi connectivity index (χ1v) is 7.60. The Morgan fingerprint density at radius 2 is 2.05 bits per heavy atom. The van der Waals surface area contributed by atoms with E-state index in [1.807, 2.05) is 6.07 Å². The summed E-state index contributed by atoms with van der Waals surface area (Å²) in [6.07, 6.45) is 3.79. The van der Waals surface area contributed by atoms with Gasteiger partial charge in [-0.1, -0.05) is 39.3 Å². The van der Waals surface area contributed by atoms with E-state index in [4.69, 9.17) is 0 Å². The Hall–Kier alpha value is -0.890. The smallest absolute Gasteiger partial charge is 0.123 e. The third kappa shape index (κ3) is 3.56. The lowest BCUT2D eigenvalue weighted by Crippen LogP contribution is -2.33. The number of halogens is 1. The SMILES string of the molecule is CCNC(c1cccc(F)c1)C1CCC(C)C(C)C1. The number of nitrogens with one attached hydrogen (secondary N) is 1. The van der Waals surface area contributed by atoms with Gasteiger partial charge in [0.25, 0.3) is 0 Å². The summed E-state index contributed by atoms with van der Waals surface area (Å²) in [6, 6.07) is 7.40. The van der Waals surface area contributed by atoms with Crippen LogP contribution in [-0.4, -0.2) is 6.54 Å². The standard InChI is InChI=1S/C17H26FN/c1-4-19-17(14-6-5-7-16(18)11-14)15-9-8-12(2)13(3)10-15/h5-7,11-13,15,17,19H,4,8-10H2,1-3H3. The Kier molecular flexibility index (Phi) is 4.98. The summed E-state index contributed by atoms with van der Waals surface area (Å²) in [5.41, 5.74) is 1.11. The van der Waals surface area contributed by atoms with Gasteiger partial charge in [0.05, 0.1) is 0 Å². The maximum atomic E-state index is 13.4. The van der Waals surface area contributed by atoms with E-state index < -0.39 is 0 Å². The highest BCUT2D eigenvalue weighted by atomic mass is 19.1. The second-order valence-corrected chi connectivity index (χ2v) is 6.12. The van der Waals surface area contributed by atoms with Crippen LogP contribution in [0.5, 0.6) is 0 Å². The molecule has 1 aliphatic carbocycles. The van der Waals surface area contributed by atoms with Crippen LogP contribution in [0.1, 0.15) is 51.6 Å². The van der Waals surface area contributed by atoms with Gasteiger partial charge in [0.1, 0.15) is 5.82 Å². The summed E-state index contributed by atoms with van der Waals surface area (Å²) in [5, 5.41) is 3.56. The van der Waals surface area contributed by atoms with E-state index in [1.165, 1.54) is 25.3 Å². The molecule has 2 heteroatoms. The third-order valence-corrected chi connectivity index (χ3v) is 4.74. The van der Waals surface area contributed by atoms with Crippen LogP contribution in [0.2, 0.25) is 0 Å². The molecule has 0 bridgehead atoms. The average Bonchev–Trinajstić information content (AvgIpc) is 2.39. The quantitative estimate of drug-likeness (QED) is 0.840. The summed E-state index contributed by atoms with van der Waals surface area (Å²) in [5.74, 6) is 2.10. The van der Waals surface area contributed by atoms with Crippen molar-refractivity contribution in [2.24, 2.45) is 17.8 Å². The minimum Gasteiger partial charge on any atom is -0.310 e.